The summed E-state index contributed by atoms with van der Waals surface area (Å²) in [6, 6.07) is 4.98. The van der Waals surface area contributed by atoms with Crippen LogP contribution in [0.4, 0.5) is 0 Å². The summed E-state index contributed by atoms with van der Waals surface area (Å²) < 4.78 is 31.9. The predicted octanol–water partition coefficient (Wildman–Crippen LogP) is 0.760. The second kappa shape index (κ2) is 6.03. The maximum absolute atomic E-state index is 12.7. The quantitative estimate of drug-likeness (QED) is 0.890. The Bertz CT molecular complexity index is 642. The van der Waals surface area contributed by atoms with E-state index in [0.717, 1.165) is 5.56 Å². The van der Waals surface area contributed by atoms with Crippen molar-refractivity contribution in [2.24, 2.45) is 5.92 Å². The van der Waals surface area contributed by atoms with Gasteiger partial charge in [-0.25, -0.2) is 8.42 Å². The first-order valence-electron chi connectivity index (χ1n) is 6.76. The van der Waals surface area contributed by atoms with Crippen LogP contribution >= 0.6 is 0 Å². The van der Waals surface area contributed by atoms with Crippen LogP contribution in [0.3, 0.4) is 0 Å². The number of hydrogen-bond donors (Lipinski definition) is 1. The highest BCUT2D eigenvalue weighted by molar-refractivity contribution is 7.89. The lowest BCUT2D eigenvalue weighted by Crippen LogP contribution is -2.33. The molecular weight excluding hydrogens is 292 g/mol. The fourth-order valence-corrected chi connectivity index (χ4v) is 4.13. The van der Waals surface area contributed by atoms with Crippen molar-refractivity contribution in [3.05, 3.63) is 23.8 Å². The van der Waals surface area contributed by atoms with E-state index in [-0.39, 0.29) is 23.3 Å². The van der Waals surface area contributed by atoms with E-state index in [2.05, 4.69) is 5.32 Å². The molecule has 1 aromatic rings. The van der Waals surface area contributed by atoms with Gasteiger partial charge in [-0.05, 0) is 31.0 Å². The van der Waals surface area contributed by atoms with Crippen LogP contribution in [0.5, 0.6) is 5.75 Å². The second-order valence-electron chi connectivity index (χ2n) is 5.12. The average molecular weight is 312 g/mol. The van der Waals surface area contributed by atoms with Crippen LogP contribution < -0.4 is 10.1 Å². The van der Waals surface area contributed by atoms with E-state index < -0.39 is 10.0 Å². The Kier molecular flexibility index (Phi) is 4.53. The summed E-state index contributed by atoms with van der Waals surface area (Å²) >= 11 is 0. The first kappa shape index (κ1) is 15.8. The molecule has 1 saturated heterocycles. The molecule has 0 aliphatic carbocycles. The van der Waals surface area contributed by atoms with E-state index in [4.69, 9.17) is 4.74 Å². The minimum Gasteiger partial charge on any atom is -0.495 e. The number of carbonyl (C=O) groups excluding carboxylic acids is 1. The highest BCUT2D eigenvalue weighted by Crippen LogP contribution is 2.30. The fourth-order valence-electron chi connectivity index (χ4n) is 2.49. The highest BCUT2D eigenvalue weighted by atomic mass is 32.2. The molecule has 1 amide bonds. The number of ether oxygens (including phenoxy) is 1. The highest BCUT2D eigenvalue weighted by Gasteiger charge is 2.36. The molecule has 1 aliphatic heterocycles. The van der Waals surface area contributed by atoms with Crippen LogP contribution in [-0.4, -0.2) is 45.9 Å². The van der Waals surface area contributed by atoms with Crippen LogP contribution in [-0.2, 0) is 14.8 Å². The minimum absolute atomic E-state index is 0.122. The van der Waals surface area contributed by atoms with Gasteiger partial charge in [-0.3, -0.25) is 4.79 Å². The van der Waals surface area contributed by atoms with Crippen LogP contribution in [0.25, 0.3) is 0 Å². The monoisotopic (exact) mass is 312 g/mol. The number of carbonyl (C=O) groups is 1. The molecule has 1 aromatic carbocycles. The van der Waals surface area contributed by atoms with E-state index in [1.807, 2.05) is 6.92 Å². The van der Waals surface area contributed by atoms with Crippen LogP contribution in [0.2, 0.25) is 0 Å². The molecule has 2 rings (SSSR count). The zero-order valence-electron chi connectivity index (χ0n) is 12.4. The molecule has 0 radical (unpaired) electrons. The van der Waals surface area contributed by atoms with Gasteiger partial charge in [0, 0.05) is 20.1 Å². The molecule has 6 nitrogen and oxygen atoms in total. The maximum atomic E-state index is 12.7. The van der Waals surface area contributed by atoms with Gasteiger partial charge >= 0.3 is 0 Å². The number of aryl methyl sites for hydroxylation is 1. The van der Waals surface area contributed by atoms with Gasteiger partial charge in [-0.1, -0.05) is 6.07 Å². The van der Waals surface area contributed by atoms with Gasteiger partial charge in [0.1, 0.15) is 10.6 Å². The molecule has 116 valence electrons. The van der Waals surface area contributed by atoms with E-state index in [0.29, 0.717) is 18.7 Å². The van der Waals surface area contributed by atoms with Crippen molar-refractivity contribution in [3.8, 4) is 5.75 Å². The lowest BCUT2D eigenvalue weighted by atomic mass is 10.1. The summed E-state index contributed by atoms with van der Waals surface area (Å²) in [5.74, 6) is -0.0804. The summed E-state index contributed by atoms with van der Waals surface area (Å²) in [7, 11) is -0.637. The van der Waals surface area contributed by atoms with Crippen LogP contribution in [0.15, 0.2) is 23.1 Å². The number of amides is 1. The van der Waals surface area contributed by atoms with Gasteiger partial charge in [-0.15, -0.1) is 0 Å². The zero-order valence-corrected chi connectivity index (χ0v) is 13.2. The van der Waals surface area contributed by atoms with Crippen LogP contribution in [0, 0.1) is 12.8 Å². The summed E-state index contributed by atoms with van der Waals surface area (Å²) in [6.45, 7) is 2.42. The van der Waals surface area contributed by atoms with Crippen molar-refractivity contribution in [1.29, 1.82) is 0 Å². The molecule has 1 unspecified atom stereocenters. The van der Waals surface area contributed by atoms with Gasteiger partial charge in [0.15, 0.2) is 0 Å². The van der Waals surface area contributed by atoms with Crippen molar-refractivity contribution in [3.63, 3.8) is 0 Å². The summed E-state index contributed by atoms with van der Waals surface area (Å²) in [4.78, 5) is 11.8. The summed E-state index contributed by atoms with van der Waals surface area (Å²) in [6.07, 6.45) is 0.535. The first-order valence-corrected chi connectivity index (χ1v) is 8.20. The standard InChI is InChI=1S/C14H20N2O4S/c1-10-4-5-13(12(8-10)20-3)21(18,19)16-7-6-11(9-16)14(17)15-2/h4-5,8,11H,6-7,9H2,1-3H3,(H,15,17). The van der Waals surface area contributed by atoms with Gasteiger partial charge < -0.3 is 10.1 Å². The number of nitrogens with zero attached hydrogens (tertiary/aromatic N) is 1. The normalized spacial score (nSPS) is 19.5. The molecule has 0 bridgehead atoms. The van der Waals surface area contributed by atoms with Gasteiger partial charge in [0.25, 0.3) is 0 Å². The molecule has 1 atom stereocenters. The average Bonchev–Trinajstić information content (AvgIpc) is 2.96. The Morgan fingerprint density at radius 3 is 2.76 bits per heavy atom. The Balaban J connectivity index is 2.30. The van der Waals surface area contributed by atoms with E-state index in [1.54, 1.807) is 25.2 Å². The van der Waals surface area contributed by atoms with Gasteiger partial charge in [0.2, 0.25) is 15.9 Å². The van der Waals surface area contributed by atoms with E-state index >= 15 is 0 Å². The molecule has 0 saturated carbocycles. The fraction of sp³-hybridized carbons (Fsp3) is 0.500. The van der Waals surface area contributed by atoms with Crippen molar-refractivity contribution >= 4 is 15.9 Å². The van der Waals surface area contributed by atoms with Crippen molar-refractivity contribution in [2.45, 2.75) is 18.2 Å². The first-order chi connectivity index (χ1) is 9.90. The molecule has 1 heterocycles. The lowest BCUT2D eigenvalue weighted by molar-refractivity contribution is -0.123. The van der Waals surface area contributed by atoms with Crippen molar-refractivity contribution < 1.29 is 17.9 Å². The summed E-state index contributed by atoms with van der Waals surface area (Å²) in [5, 5.41) is 2.56. The van der Waals surface area contributed by atoms with Gasteiger partial charge in [0.05, 0.1) is 13.0 Å². The number of methoxy groups -OCH3 is 1. The Hall–Kier alpha value is -1.60. The molecule has 0 aromatic heterocycles. The van der Waals surface area contributed by atoms with E-state index in [1.165, 1.54) is 11.4 Å². The molecule has 1 N–H and O–H groups in total. The Labute approximate surface area is 125 Å². The number of hydrogen-bond acceptors (Lipinski definition) is 4. The molecule has 1 aliphatic rings. The lowest BCUT2D eigenvalue weighted by Gasteiger charge is -2.18. The number of sulfonamides is 1. The maximum Gasteiger partial charge on any atom is 0.246 e. The molecular formula is C14H20N2O4S. The van der Waals surface area contributed by atoms with Crippen molar-refractivity contribution in [1.82, 2.24) is 9.62 Å². The van der Waals surface area contributed by atoms with Gasteiger partial charge in [-0.2, -0.15) is 4.31 Å². The largest absolute Gasteiger partial charge is 0.495 e. The third-order valence-corrected chi connectivity index (χ3v) is 5.61. The molecule has 0 spiro atoms. The molecule has 21 heavy (non-hydrogen) atoms. The summed E-state index contributed by atoms with van der Waals surface area (Å²) in [5.41, 5.74) is 0.926. The van der Waals surface area contributed by atoms with E-state index in [9.17, 15) is 13.2 Å². The third kappa shape index (κ3) is 3.03. The van der Waals surface area contributed by atoms with Crippen molar-refractivity contribution in [2.75, 3.05) is 27.2 Å². The zero-order chi connectivity index (χ0) is 15.6. The minimum atomic E-state index is -3.64. The molecule has 1 fully saturated rings. The Morgan fingerprint density at radius 1 is 1.43 bits per heavy atom. The Morgan fingerprint density at radius 2 is 2.14 bits per heavy atom. The second-order valence-corrected chi connectivity index (χ2v) is 7.02. The smallest absolute Gasteiger partial charge is 0.246 e. The number of rotatable bonds is 4. The number of nitrogens with one attached hydrogen (secondary N) is 1. The predicted molar refractivity (Wildman–Crippen MR) is 78.7 cm³/mol. The SMILES string of the molecule is CNC(=O)C1CCN(S(=O)(=O)c2ccc(C)cc2OC)C1. The third-order valence-electron chi connectivity index (χ3n) is 3.71. The van der Waals surface area contributed by atoms with Crippen LogP contribution in [0.1, 0.15) is 12.0 Å². The molecule has 7 heteroatoms. The topological polar surface area (TPSA) is 75.7 Å². The number of benzene rings is 1.